The van der Waals surface area contributed by atoms with Gasteiger partial charge in [-0.05, 0) is 26.6 Å². The number of aliphatic hydroxyl groups excluding tert-OH is 1. The second kappa shape index (κ2) is 7.58. The molecule has 0 radical (unpaired) electrons. The van der Waals surface area contributed by atoms with Crippen LogP contribution in [0.3, 0.4) is 0 Å². The van der Waals surface area contributed by atoms with Crippen LogP contribution in [0, 0.1) is 0 Å². The Morgan fingerprint density at radius 2 is 2.23 bits per heavy atom. The normalized spacial score (nSPS) is 22.6. The highest BCUT2D eigenvalue weighted by Crippen LogP contribution is 2.27. The van der Waals surface area contributed by atoms with Gasteiger partial charge in [0, 0.05) is 18.7 Å². The van der Waals surface area contributed by atoms with Crippen LogP contribution in [0.1, 0.15) is 18.0 Å². The maximum atomic E-state index is 12.2. The zero-order valence-electron chi connectivity index (χ0n) is 13.4. The number of rotatable bonds is 6. The number of carbonyl (C=O) groups excluding carboxylic acids is 1. The summed E-state index contributed by atoms with van der Waals surface area (Å²) in [6.07, 6.45) is 0.0299. The van der Waals surface area contributed by atoms with Crippen LogP contribution < -0.4 is 15.4 Å². The van der Waals surface area contributed by atoms with Crippen molar-refractivity contribution in [3.8, 4) is 5.75 Å². The summed E-state index contributed by atoms with van der Waals surface area (Å²) in [5.74, 6) is 0.739. The lowest BCUT2D eigenvalue weighted by Gasteiger charge is -2.27. The summed E-state index contributed by atoms with van der Waals surface area (Å²) in [5, 5.41) is 15.5. The highest BCUT2D eigenvalue weighted by atomic mass is 16.5. The minimum atomic E-state index is -0.436. The smallest absolute Gasteiger partial charge is 0.237 e. The van der Waals surface area contributed by atoms with Crippen molar-refractivity contribution in [3.05, 3.63) is 29.8 Å². The monoisotopic (exact) mass is 307 g/mol. The number of aliphatic hydroxyl groups is 1. The van der Waals surface area contributed by atoms with Crippen molar-refractivity contribution < 1.29 is 14.6 Å². The molecular weight excluding hydrogens is 282 g/mol. The first kappa shape index (κ1) is 16.7. The molecule has 0 aromatic heterocycles. The third kappa shape index (κ3) is 3.97. The molecule has 1 fully saturated rings. The molecule has 2 rings (SSSR count). The third-order valence-electron chi connectivity index (χ3n) is 4.02. The van der Waals surface area contributed by atoms with Gasteiger partial charge in [0.25, 0.3) is 0 Å². The molecule has 22 heavy (non-hydrogen) atoms. The molecule has 1 amide bonds. The number of hydrogen-bond donors (Lipinski definition) is 3. The highest BCUT2D eigenvalue weighted by Gasteiger charge is 2.28. The largest absolute Gasteiger partial charge is 0.496 e. The van der Waals surface area contributed by atoms with E-state index < -0.39 is 6.10 Å². The van der Waals surface area contributed by atoms with E-state index >= 15 is 0 Å². The molecule has 1 aromatic carbocycles. The molecular formula is C16H25N3O3. The van der Waals surface area contributed by atoms with Crippen LogP contribution in [0.5, 0.6) is 5.75 Å². The van der Waals surface area contributed by atoms with Gasteiger partial charge >= 0.3 is 0 Å². The molecule has 1 aliphatic rings. The molecule has 3 N–H and O–H groups in total. The van der Waals surface area contributed by atoms with Crippen molar-refractivity contribution in [1.82, 2.24) is 15.5 Å². The van der Waals surface area contributed by atoms with Crippen LogP contribution >= 0.6 is 0 Å². The van der Waals surface area contributed by atoms with Gasteiger partial charge in [0.15, 0.2) is 0 Å². The molecule has 0 aliphatic carbocycles. The van der Waals surface area contributed by atoms with Crippen LogP contribution in [-0.4, -0.2) is 62.4 Å². The van der Waals surface area contributed by atoms with Gasteiger partial charge in [-0.1, -0.05) is 18.2 Å². The maximum absolute atomic E-state index is 12.2. The van der Waals surface area contributed by atoms with Gasteiger partial charge in [-0.15, -0.1) is 0 Å². The number of methoxy groups -OCH3 is 1. The van der Waals surface area contributed by atoms with E-state index in [1.54, 1.807) is 7.11 Å². The summed E-state index contributed by atoms with van der Waals surface area (Å²) in [6, 6.07) is 7.53. The summed E-state index contributed by atoms with van der Waals surface area (Å²) >= 11 is 0. The Morgan fingerprint density at radius 1 is 1.50 bits per heavy atom. The summed E-state index contributed by atoms with van der Waals surface area (Å²) < 4.78 is 5.41. The quantitative estimate of drug-likeness (QED) is 0.697. The van der Waals surface area contributed by atoms with Gasteiger partial charge in [-0.25, -0.2) is 0 Å². The van der Waals surface area contributed by atoms with E-state index in [-0.39, 0.29) is 18.0 Å². The molecule has 1 aliphatic heterocycles. The van der Waals surface area contributed by atoms with Gasteiger partial charge in [-0.3, -0.25) is 4.79 Å². The fourth-order valence-electron chi connectivity index (χ4n) is 2.75. The first-order valence-electron chi connectivity index (χ1n) is 7.51. The van der Waals surface area contributed by atoms with Gasteiger partial charge < -0.3 is 25.4 Å². The molecule has 0 spiro atoms. The number of ether oxygens (including phenoxy) is 1. The topological polar surface area (TPSA) is 73.8 Å². The Morgan fingerprint density at radius 3 is 2.82 bits per heavy atom. The van der Waals surface area contributed by atoms with Crippen molar-refractivity contribution >= 4 is 5.91 Å². The average molecular weight is 307 g/mol. The van der Waals surface area contributed by atoms with E-state index in [0.29, 0.717) is 19.5 Å². The summed E-state index contributed by atoms with van der Waals surface area (Å²) in [5.41, 5.74) is 1.04. The molecule has 1 aromatic rings. The fourth-order valence-corrected chi connectivity index (χ4v) is 2.75. The molecule has 0 bridgehead atoms. The maximum Gasteiger partial charge on any atom is 0.237 e. The van der Waals surface area contributed by atoms with Gasteiger partial charge in [0.05, 0.1) is 25.3 Å². The lowest BCUT2D eigenvalue weighted by molar-refractivity contribution is -0.123. The number of hydrogen-bond acceptors (Lipinski definition) is 5. The van der Waals surface area contributed by atoms with Crippen LogP contribution in [0.15, 0.2) is 24.3 Å². The summed E-state index contributed by atoms with van der Waals surface area (Å²) in [4.78, 5) is 14.2. The zero-order chi connectivity index (χ0) is 16.1. The lowest BCUT2D eigenvalue weighted by atomic mass is 10.0. The van der Waals surface area contributed by atoms with Crippen LogP contribution in [0.25, 0.3) is 0 Å². The van der Waals surface area contributed by atoms with Gasteiger partial charge in [-0.2, -0.15) is 0 Å². The summed E-state index contributed by atoms with van der Waals surface area (Å²) in [7, 11) is 5.59. The number of para-hydroxylation sites is 1. The second-order valence-electron chi connectivity index (χ2n) is 5.82. The van der Waals surface area contributed by atoms with E-state index in [0.717, 1.165) is 11.3 Å². The Bertz CT molecular complexity index is 507. The molecule has 122 valence electrons. The van der Waals surface area contributed by atoms with E-state index in [9.17, 15) is 9.90 Å². The fraction of sp³-hybridized carbons (Fsp3) is 0.562. The molecule has 6 nitrogen and oxygen atoms in total. The van der Waals surface area contributed by atoms with Crippen molar-refractivity contribution in [2.75, 3.05) is 34.3 Å². The molecule has 3 unspecified atom stereocenters. The first-order valence-corrected chi connectivity index (χ1v) is 7.51. The number of likely N-dealkylation sites (N-methyl/N-ethyl adjacent to an activating group) is 1. The Balaban J connectivity index is 2.02. The number of nitrogens with zero attached hydrogens (tertiary/aromatic N) is 1. The first-order chi connectivity index (χ1) is 10.5. The Kier molecular flexibility index (Phi) is 5.76. The molecule has 1 heterocycles. The van der Waals surface area contributed by atoms with Gasteiger partial charge in [0.2, 0.25) is 5.91 Å². The Hall–Kier alpha value is -1.63. The van der Waals surface area contributed by atoms with Crippen LogP contribution in [0.2, 0.25) is 0 Å². The van der Waals surface area contributed by atoms with Gasteiger partial charge in [0.1, 0.15) is 5.75 Å². The SMILES string of the molecule is COc1ccccc1C(CNC(=O)C1CC(O)CN1)N(C)C. The molecule has 3 atom stereocenters. The third-order valence-corrected chi connectivity index (χ3v) is 4.02. The number of amides is 1. The molecule has 6 heteroatoms. The molecule has 1 saturated heterocycles. The second-order valence-corrected chi connectivity index (χ2v) is 5.82. The lowest BCUT2D eigenvalue weighted by Crippen LogP contribution is -2.43. The number of carbonyl (C=O) groups is 1. The van der Waals surface area contributed by atoms with E-state index in [1.165, 1.54) is 0 Å². The predicted molar refractivity (Wildman–Crippen MR) is 84.8 cm³/mol. The van der Waals surface area contributed by atoms with Crippen molar-refractivity contribution in [3.63, 3.8) is 0 Å². The van der Waals surface area contributed by atoms with Crippen molar-refractivity contribution in [2.45, 2.75) is 24.6 Å². The number of benzene rings is 1. The zero-order valence-corrected chi connectivity index (χ0v) is 13.4. The summed E-state index contributed by atoms with van der Waals surface area (Å²) in [6.45, 7) is 0.961. The number of nitrogens with one attached hydrogen (secondary N) is 2. The standard InChI is InChI=1S/C16H25N3O3/c1-19(2)14(12-6-4-5-7-15(12)22-3)10-18-16(21)13-8-11(20)9-17-13/h4-7,11,13-14,17,20H,8-10H2,1-3H3,(H,18,21). The highest BCUT2D eigenvalue weighted by molar-refractivity contribution is 5.82. The van der Waals surface area contributed by atoms with E-state index in [1.807, 2.05) is 38.4 Å². The van der Waals surface area contributed by atoms with Crippen molar-refractivity contribution in [1.29, 1.82) is 0 Å². The van der Waals surface area contributed by atoms with Crippen molar-refractivity contribution in [2.24, 2.45) is 0 Å². The van der Waals surface area contributed by atoms with Crippen LogP contribution in [-0.2, 0) is 4.79 Å². The van der Waals surface area contributed by atoms with Crippen LogP contribution in [0.4, 0.5) is 0 Å². The minimum Gasteiger partial charge on any atom is -0.496 e. The molecule has 0 saturated carbocycles. The Labute approximate surface area is 131 Å². The number of β-amino-alcohol motifs (C(OH)–C–C–N with tert-alkyl or cyclic N) is 1. The van der Waals surface area contributed by atoms with E-state index in [4.69, 9.17) is 4.74 Å². The predicted octanol–water partition coefficient (Wildman–Crippen LogP) is 0.137. The average Bonchev–Trinajstić information content (AvgIpc) is 2.94. The minimum absolute atomic E-state index is 0.0198. The van der Waals surface area contributed by atoms with E-state index in [2.05, 4.69) is 15.5 Å².